The van der Waals surface area contributed by atoms with Crippen molar-refractivity contribution in [2.45, 2.75) is 56.9 Å². The predicted octanol–water partition coefficient (Wildman–Crippen LogP) is 6.15. The number of amides is 1. The van der Waals surface area contributed by atoms with Gasteiger partial charge in [-0.05, 0) is 49.6 Å². The minimum atomic E-state index is -0.396. The van der Waals surface area contributed by atoms with Gasteiger partial charge in [0.1, 0.15) is 33.5 Å². The number of esters is 1. The van der Waals surface area contributed by atoms with E-state index in [1.165, 1.54) is 34.4 Å². The minimum Gasteiger partial charge on any atom is -0.462 e. The zero-order valence-corrected chi connectivity index (χ0v) is 23.4. The molecule has 0 saturated carbocycles. The number of rotatable bonds is 8. The van der Waals surface area contributed by atoms with Crippen molar-refractivity contribution < 1.29 is 14.3 Å². The van der Waals surface area contributed by atoms with Crippen LogP contribution in [-0.2, 0) is 22.4 Å². The number of thioether (sulfide) groups is 1. The first-order valence-electron chi connectivity index (χ1n) is 12.4. The Labute approximate surface area is 233 Å². The topological polar surface area (TPSA) is 142 Å². The van der Waals surface area contributed by atoms with Crippen molar-refractivity contribution in [2.24, 2.45) is 0 Å². The van der Waals surface area contributed by atoms with Gasteiger partial charge in [0.2, 0.25) is 5.91 Å². The van der Waals surface area contributed by atoms with Crippen molar-refractivity contribution in [1.29, 1.82) is 10.5 Å². The summed E-state index contributed by atoms with van der Waals surface area (Å²) in [5.74, 6) is -0.247. The third-order valence-corrected chi connectivity index (χ3v) is 9.23. The van der Waals surface area contributed by atoms with Gasteiger partial charge >= 0.3 is 5.97 Å². The Morgan fingerprint density at radius 3 is 2.63 bits per heavy atom. The van der Waals surface area contributed by atoms with Crippen molar-refractivity contribution in [3.63, 3.8) is 0 Å². The van der Waals surface area contributed by atoms with Crippen LogP contribution >= 0.6 is 34.4 Å². The fraction of sp³-hybridized carbons (Fsp3) is 0.370. The lowest BCUT2D eigenvalue weighted by atomic mass is 9.96. The molecule has 3 aromatic heterocycles. The Kier molecular flexibility index (Phi) is 9.40. The van der Waals surface area contributed by atoms with E-state index in [1.54, 1.807) is 6.92 Å². The first-order valence-corrected chi connectivity index (χ1v) is 15.1. The number of nitrogens with two attached hydrogens (primary N) is 1. The second kappa shape index (κ2) is 12.9. The van der Waals surface area contributed by atoms with Crippen molar-refractivity contribution in [3.05, 3.63) is 44.6 Å². The van der Waals surface area contributed by atoms with E-state index >= 15 is 0 Å². The molecule has 0 bridgehead atoms. The number of hydrogen-bond acceptors (Lipinski definition) is 10. The van der Waals surface area contributed by atoms with E-state index in [0.717, 1.165) is 53.8 Å². The number of carbonyl (C=O) groups excluding carboxylic acids is 2. The van der Waals surface area contributed by atoms with Gasteiger partial charge in [-0.2, -0.15) is 10.5 Å². The van der Waals surface area contributed by atoms with Crippen LogP contribution in [0.25, 0.3) is 10.4 Å². The molecule has 0 unspecified atom stereocenters. The van der Waals surface area contributed by atoms with Crippen LogP contribution in [0.1, 0.15) is 71.0 Å². The molecule has 8 nitrogen and oxygen atoms in total. The number of nitrogen functional groups attached to an aromatic ring is 1. The number of aryl methyl sites for hydroxylation is 1. The van der Waals surface area contributed by atoms with Crippen LogP contribution in [0.4, 0.5) is 10.8 Å². The van der Waals surface area contributed by atoms with E-state index in [0.29, 0.717) is 26.9 Å². The molecule has 0 aromatic carbocycles. The number of nitrogens with zero attached hydrogens (tertiary/aromatic N) is 3. The first kappa shape index (κ1) is 27.6. The lowest BCUT2D eigenvalue weighted by molar-refractivity contribution is -0.115. The van der Waals surface area contributed by atoms with Crippen molar-refractivity contribution >= 4 is 57.1 Å². The van der Waals surface area contributed by atoms with Crippen LogP contribution in [0.15, 0.2) is 22.5 Å². The van der Waals surface area contributed by atoms with Gasteiger partial charge in [0.15, 0.2) is 0 Å². The van der Waals surface area contributed by atoms with E-state index < -0.39 is 5.97 Å². The number of carbonyl (C=O) groups is 2. The quantitative estimate of drug-likeness (QED) is 0.244. The molecule has 0 saturated heterocycles. The maximum absolute atomic E-state index is 12.9. The van der Waals surface area contributed by atoms with Crippen LogP contribution in [0.3, 0.4) is 0 Å². The van der Waals surface area contributed by atoms with Gasteiger partial charge in [0.25, 0.3) is 0 Å². The Bertz CT molecular complexity index is 1420. The van der Waals surface area contributed by atoms with Crippen molar-refractivity contribution in [2.75, 3.05) is 23.4 Å². The third kappa shape index (κ3) is 6.02. The molecular formula is C27H27N5O3S3. The summed E-state index contributed by atoms with van der Waals surface area (Å²) in [7, 11) is 0. The number of anilines is 2. The highest BCUT2D eigenvalue weighted by Crippen LogP contribution is 2.39. The van der Waals surface area contributed by atoms with E-state index in [1.807, 2.05) is 17.5 Å². The molecule has 3 aromatic rings. The lowest BCUT2D eigenvalue weighted by Gasteiger charge is -2.12. The molecule has 3 N–H and O–H groups in total. The van der Waals surface area contributed by atoms with Crippen LogP contribution in [-0.4, -0.2) is 29.2 Å². The summed E-state index contributed by atoms with van der Waals surface area (Å²) in [5, 5.41) is 25.2. The van der Waals surface area contributed by atoms with Crippen LogP contribution in [0, 0.1) is 22.7 Å². The summed E-state index contributed by atoms with van der Waals surface area (Å²) < 4.78 is 5.32. The normalized spacial score (nSPS) is 12.9. The van der Waals surface area contributed by atoms with Gasteiger partial charge in [-0.15, -0.1) is 34.4 Å². The molecule has 4 rings (SSSR count). The highest BCUT2D eigenvalue weighted by molar-refractivity contribution is 7.99. The monoisotopic (exact) mass is 565 g/mol. The first-order chi connectivity index (χ1) is 18.5. The maximum Gasteiger partial charge on any atom is 0.341 e. The summed E-state index contributed by atoms with van der Waals surface area (Å²) in [6.07, 6.45) is 6.20. The number of thiophene rings is 2. The number of pyridine rings is 1. The number of hydrogen-bond donors (Lipinski definition) is 2. The predicted molar refractivity (Wildman–Crippen MR) is 152 cm³/mol. The third-order valence-electron chi connectivity index (χ3n) is 6.15. The molecule has 1 aliphatic rings. The highest BCUT2D eigenvalue weighted by atomic mass is 32.2. The van der Waals surface area contributed by atoms with Crippen molar-refractivity contribution in [1.82, 2.24) is 4.98 Å². The van der Waals surface area contributed by atoms with Crippen LogP contribution < -0.4 is 11.1 Å². The Balaban J connectivity index is 1.51. The number of nitrogens with one attached hydrogen (secondary N) is 1. The Morgan fingerprint density at radius 2 is 1.95 bits per heavy atom. The van der Waals surface area contributed by atoms with Gasteiger partial charge in [-0.3, -0.25) is 4.79 Å². The molecule has 11 heteroatoms. The number of nitriles is 2. The standard InChI is InChI=1S/C27H27N5O3S3/c1-2-35-27(34)23-16-8-5-3-4-6-9-19(16)38-26(23)31-21(33)11-13-37-25-18(15-29)22(20-10-7-12-36-20)17(14-28)24(30)32-25/h7,10,12H,2-6,8-9,11,13H2,1H3,(H2,30,32)(H,31,33). The Hall–Kier alpha value is -3.38. The number of fused-ring (bicyclic) bond motifs is 1. The zero-order valence-electron chi connectivity index (χ0n) is 21.0. The molecular weight excluding hydrogens is 539 g/mol. The van der Waals surface area contributed by atoms with E-state index in [2.05, 4.69) is 22.4 Å². The fourth-order valence-corrected chi connectivity index (χ4v) is 7.44. The Morgan fingerprint density at radius 1 is 1.18 bits per heavy atom. The van der Waals surface area contributed by atoms with E-state index in [4.69, 9.17) is 10.5 Å². The number of ether oxygens (including phenoxy) is 1. The van der Waals surface area contributed by atoms with Gasteiger partial charge in [0.05, 0.1) is 17.7 Å². The van der Waals surface area contributed by atoms with Gasteiger partial charge in [-0.25, -0.2) is 9.78 Å². The molecule has 3 heterocycles. The molecule has 1 aliphatic carbocycles. The maximum atomic E-state index is 12.9. The molecule has 0 fully saturated rings. The van der Waals surface area contributed by atoms with Gasteiger partial charge < -0.3 is 15.8 Å². The van der Waals surface area contributed by atoms with Crippen LogP contribution in [0.5, 0.6) is 0 Å². The van der Waals surface area contributed by atoms with Crippen molar-refractivity contribution in [3.8, 4) is 22.6 Å². The zero-order chi connectivity index (χ0) is 27.1. The molecule has 0 radical (unpaired) electrons. The minimum absolute atomic E-state index is 0.0527. The molecule has 0 aliphatic heterocycles. The summed E-state index contributed by atoms with van der Waals surface area (Å²) in [6.45, 7) is 2.04. The summed E-state index contributed by atoms with van der Waals surface area (Å²) in [5.41, 5.74) is 8.47. The molecule has 0 spiro atoms. The summed E-state index contributed by atoms with van der Waals surface area (Å²) in [6, 6.07) is 7.90. The average molecular weight is 566 g/mol. The second-order valence-electron chi connectivity index (χ2n) is 8.62. The summed E-state index contributed by atoms with van der Waals surface area (Å²) >= 11 is 4.12. The number of aromatic nitrogens is 1. The fourth-order valence-electron chi connectivity index (χ4n) is 4.43. The SMILES string of the molecule is CCOC(=O)c1c(NC(=O)CCSc2nc(N)c(C#N)c(-c3cccs3)c2C#N)sc2c1CCCCCC2. The molecule has 38 heavy (non-hydrogen) atoms. The lowest BCUT2D eigenvalue weighted by Crippen LogP contribution is -2.16. The average Bonchev–Trinajstić information content (AvgIpc) is 3.52. The molecule has 196 valence electrons. The van der Waals surface area contributed by atoms with Crippen LogP contribution in [0.2, 0.25) is 0 Å². The van der Waals surface area contributed by atoms with Gasteiger partial charge in [-0.1, -0.05) is 18.9 Å². The largest absolute Gasteiger partial charge is 0.462 e. The van der Waals surface area contributed by atoms with Gasteiger partial charge in [0, 0.05) is 27.5 Å². The van der Waals surface area contributed by atoms with E-state index in [-0.39, 0.29) is 35.9 Å². The summed E-state index contributed by atoms with van der Waals surface area (Å²) in [4.78, 5) is 32.0. The second-order valence-corrected chi connectivity index (χ2v) is 11.8. The molecule has 0 atom stereocenters. The smallest absolute Gasteiger partial charge is 0.341 e. The highest BCUT2D eigenvalue weighted by Gasteiger charge is 2.26. The van der Waals surface area contributed by atoms with E-state index in [9.17, 15) is 20.1 Å². The molecule has 1 amide bonds.